The number of rotatable bonds is 8. The zero-order valence-corrected chi connectivity index (χ0v) is 12.5. The Morgan fingerprint density at radius 1 is 1.41 bits per heavy atom. The monoisotopic (exact) mass is 304 g/mol. The predicted molar refractivity (Wildman–Crippen MR) is 82.5 cm³/mol. The van der Waals surface area contributed by atoms with Gasteiger partial charge < -0.3 is 10.0 Å². The van der Waals surface area contributed by atoms with Gasteiger partial charge in [0.25, 0.3) is 0 Å². The molecule has 1 aromatic heterocycles. The summed E-state index contributed by atoms with van der Waals surface area (Å²) in [6.07, 6.45) is 2.80. The number of likely N-dealkylation sites (N-methyl/N-ethyl adjacent to an activating group) is 1. The molecule has 7 heteroatoms. The second kappa shape index (κ2) is 7.67. The summed E-state index contributed by atoms with van der Waals surface area (Å²) in [4.78, 5) is 12.1. The minimum absolute atomic E-state index is 0.0652. The van der Waals surface area contributed by atoms with Crippen molar-refractivity contribution in [2.24, 2.45) is 0 Å². The van der Waals surface area contributed by atoms with Crippen molar-refractivity contribution in [2.45, 2.75) is 19.1 Å². The molecule has 0 radical (unpaired) electrons. The number of aliphatic hydroxyl groups excluding tert-OH is 1. The van der Waals surface area contributed by atoms with Crippen LogP contribution in [0.25, 0.3) is 0 Å². The maximum Gasteiger partial charge on any atom is 0.306 e. The highest BCUT2D eigenvalue weighted by molar-refractivity contribution is 5.20. The fourth-order valence-corrected chi connectivity index (χ4v) is 2.24. The highest BCUT2D eigenvalue weighted by Crippen LogP contribution is 2.08. The van der Waals surface area contributed by atoms with Gasteiger partial charge in [0, 0.05) is 13.1 Å². The molecule has 7 nitrogen and oxygen atoms in total. The van der Waals surface area contributed by atoms with Crippen molar-refractivity contribution in [3.05, 3.63) is 58.4 Å². The molecule has 22 heavy (non-hydrogen) atoms. The summed E-state index contributed by atoms with van der Waals surface area (Å²) in [5, 5.41) is 24.5. The van der Waals surface area contributed by atoms with Crippen LogP contribution in [0.2, 0.25) is 0 Å². The van der Waals surface area contributed by atoms with E-state index in [1.807, 2.05) is 30.1 Å². The Kier molecular flexibility index (Phi) is 5.62. The van der Waals surface area contributed by atoms with Gasteiger partial charge in [0.05, 0.1) is 17.6 Å². The molecule has 0 saturated heterocycles. The molecule has 1 heterocycles. The lowest BCUT2D eigenvalue weighted by atomic mass is 10.1. The van der Waals surface area contributed by atoms with Gasteiger partial charge in [-0.2, -0.15) is 5.10 Å². The highest BCUT2D eigenvalue weighted by atomic mass is 16.6. The van der Waals surface area contributed by atoms with Gasteiger partial charge in [-0.15, -0.1) is 0 Å². The molecule has 1 aromatic carbocycles. The van der Waals surface area contributed by atoms with E-state index in [0.29, 0.717) is 6.54 Å². The fraction of sp³-hybridized carbons (Fsp3) is 0.400. The first-order valence-electron chi connectivity index (χ1n) is 7.12. The van der Waals surface area contributed by atoms with E-state index in [9.17, 15) is 15.2 Å². The van der Waals surface area contributed by atoms with Crippen LogP contribution in [0.1, 0.15) is 5.56 Å². The van der Waals surface area contributed by atoms with E-state index >= 15 is 0 Å². The first-order valence-corrected chi connectivity index (χ1v) is 7.12. The van der Waals surface area contributed by atoms with Gasteiger partial charge in [0.15, 0.2) is 0 Å². The third-order valence-corrected chi connectivity index (χ3v) is 3.38. The number of nitrogens with zero attached hydrogens (tertiary/aromatic N) is 4. The van der Waals surface area contributed by atoms with Crippen molar-refractivity contribution < 1.29 is 10.0 Å². The summed E-state index contributed by atoms with van der Waals surface area (Å²) in [6.45, 7) is 1.56. The quantitative estimate of drug-likeness (QED) is 0.587. The summed E-state index contributed by atoms with van der Waals surface area (Å²) in [5.41, 5.74) is 1.19. The molecule has 0 aliphatic carbocycles. The van der Waals surface area contributed by atoms with Crippen molar-refractivity contribution in [3.8, 4) is 0 Å². The molecule has 0 fully saturated rings. The lowest BCUT2D eigenvalue weighted by Crippen LogP contribution is -2.33. The van der Waals surface area contributed by atoms with Crippen LogP contribution in [-0.4, -0.2) is 51.0 Å². The Bertz CT molecular complexity index is 600. The summed E-state index contributed by atoms with van der Waals surface area (Å²) >= 11 is 0. The van der Waals surface area contributed by atoms with Gasteiger partial charge in [0.2, 0.25) is 0 Å². The maximum absolute atomic E-state index is 10.6. The minimum Gasteiger partial charge on any atom is -0.390 e. The summed E-state index contributed by atoms with van der Waals surface area (Å²) < 4.78 is 1.40. The second-order valence-corrected chi connectivity index (χ2v) is 5.33. The van der Waals surface area contributed by atoms with Crippen molar-refractivity contribution >= 4 is 5.69 Å². The van der Waals surface area contributed by atoms with Crippen LogP contribution in [0.4, 0.5) is 5.69 Å². The fourth-order valence-electron chi connectivity index (χ4n) is 2.24. The number of aromatic nitrogens is 2. The van der Waals surface area contributed by atoms with Crippen LogP contribution < -0.4 is 0 Å². The predicted octanol–water partition coefficient (Wildman–Crippen LogP) is 1.33. The standard InChI is InChI=1S/C15H20N4O3/c1-17(8-7-13-5-3-2-4-6-13)11-15(20)12-18-10-14(9-16-18)19(21)22/h2-6,9-10,15,20H,7-8,11-12H2,1H3. The minimum atomic E-state index is -0.625. The molecule has 1 N–H and O–H groups in total. The first kappa shape index (κ1) is 16.1. The van der Waals surface area contributed by atoms with E-state index < -0.39 is 11.0 Å². The van der Waals surface area contributed by atoms with Gasteiger partial charge in [0.1, 0.15) is 12.4 Å². The zero-order valence-electron chi connectivity index (χ0n) is 12.5. The van der Waals surface area contributed by atoms with Gasteiger partial charge >= 0.3 is 5.69 Å². The average Bonchev–Trinajstić information content (AvgIpc) is 2.95. The van der Waals surface area contributed by atoms with Crippen molar-refractivity contribution in [2.75, 3.05) is 20.1 Å². The topological polar surface area (TPSA) is 84.4 Å². The van der Waals surface area contributed by atoms with Gasteiger partial charge in [-0.3, -0.25) is 14.8 Å². The van der Waals surface area contributed by atoms with Crippen molar-refractivity contribution in [1.29, 1.82) is 0 Å². The SMILES string of the molecule is CN(CCc1ccccc1)CC(O)Cn1cc([N+](=O)[O-])cn1. The van der Waals surface area contributed by atoms with E-state index in [4.69, 9.17) is 0 Å². The summed E-state index contributed by atoms with van der Waals surface area (Å²) in [5.74, 6) is 0. The molecule has 118 valence electrons. The van der Waals surface area contributed by atoms with Crippen LogP contribution in [0.3, 0.4) is 0 Å². The molecule has 1 unspecified atom stereocenters. The van der Waals surface area contributed by atoms with Crippen LogP contribution in [0.15, 0.2) is 42.7 Å². The molecular weight excluding hydrogens is 284 g/mol. The highest BCUT2D eigenvalue weighted by Gasteiger charge is 2.13. The van der Waals surface area contributed by atoms with E-state index in [0.717, 1.165) is 13.0 Å². The average molecular weight is 304 g/mol. The van der Waals surface area contributed by atoms with Crippen LogP contribution >= 0.6 is 0 Å². The molecule has 0 bridgehead atoms. The van der Waals surface area contributed by atoms with E-state index in [1.165, 1.54) is 22.6 Å². The van der Waals surface area contributed by atoms with Crippen LogP contribution in [0, 0.1) is 10.1 Å². The molecule has 0 saturated carbocycles. The number of benzene rings is 1. The normalized spacial score (nSPS) is 12.5. The Hall–Kier alpha value is -2.25. The van der Waals surface area contributed by atoms with E-state index in [2.05, 4.69) is 17.2 Å². The van der Waals surface area contributed by atoms with Crippen LogP contribution in [0.5, 0.6) is 0 Å². The Labute approximate surface area is 128 Å². The smallest absolute Gasteiger partial charge is 0.306 e. The molecule has 2 rings (SSSR count). The Balaban J connectivity index is 1.75. The largest absolute Gasteiger partial charge is 0.390 e. The third-order valence-electron chi connectivity index (χ3n) is 3.38. The molecule has 0 aliphatic rings. The summed E-state index contributed by atoms with van der Waals surface area (Å²) in [6, 6.07) is 10.2. The summed E-state index contributed by atoms with van der Waals surface area (Å²) in [7, 11) is 1.94. The zero-order chi connectivity index (χ0) is 15.9. The molecule has 2 aromatic rings. The third kappa shape index (κ3) is 4.94. The van der Waals surface area contributed by atoms with E-state index in [1.54, 1.807) is 0 Å². The van der Waals surface area contributed by atoms with Crippen molar-refractivity contribution in [1.82, 2.24) is 14.7 Å². The molecule has 0 aliphatic heterocycles. The van der Waals surface area contributed by atoms with Crippen LogP contribution in [-0.2, 0) is 13.0 Å². The van der Waals surface area contributed by atoms with E-state index in [-0.39, 0.29) is 12.2 Å². The number of hydrogen-bond acceptors (Lipinski definition) is 5. The first-order chi connectivity index (χ1) is 10.5. The second-order valence-electron chi connectivity index (χ2n) is 5.33. The number of aliphatic hydroxyl groups is 1. The lowest BCUT2D eigenvalue weighted by Gasteiger charge is -2.20. The number of hydrogen-bond donors (Lipinski definition) is 1. The molecule has 0 amide bonds. The van der Waals surface area contributed by atoms with Crippen molar-refractivity contribution in [3.63, 3.8) is 0 Å². The number of nitro groups is 1. The lowest BCUT2D eigenvalue weighted by molar-refractivity contribution is -0.385. The Morgan fingerprint density at radius 3 is 2.77 bits per heavy atom. The maximum atomic E-state index is 10.6. The Morgan fingerprint density at radius 2 is 2.14 bits per heavy atom. The molecular formula is C15H20N4O3. The van der Waals surface area contributed by atoms with Gasteiger partial charge in [-0.1, -0.05) is 30.3 Å². The van der Waals surface area contributed by atoms with Gasteiger partial charge in [-0.05, 0) is 19.0 Å². The van der Waals surface area contributed by atoms with Gasteiger partial charge in [-0.25, -0.2) is 0 Å². The molecule has 1 atom stereocenters. The molecule has 0 spiro atoms.